The third kappa shape index (κ3) is 1.27. The summed E-state index contributed by atoms with van der Waals surface area (Å²) >= 11 is 0. The van der Waals surface area contributed by atoms with Crippen LogP contribution in [-0.4, -0.2) is 70.1 Å². The number of hydrogen-bond acceptors (Lipinski definition) is 7. The molecular weight excluding hydrogens is 352 g/mol. The summed E-state index contributed by atoms with van der Waals surface area (Å²) < 4.78 is 24.1. The van der Waals surface area contributed by atoms with E-state index in [4.69, 9.17) is 18.9 Å². The standard InChI is InChI=1S/C20H24O7/c1-7(2)18-13(26-18)14-20(27-14)17(3)5-10(21)12-8(6-24-15(12)22)9(17)4-11-19(20,25-11)16(18)23/h7,9-11,13-14,16,21,23H,4-6H2,1-3H3/t9-,10-,11-,13-,14-,16+,17-,18+,19+,20+/m0/s1. The first-order valence-electron chi connectivity index (χ1n) is 10.1. The Hall–Kier alpha value is -0.990. The van der Waals surface area contributed by atoms with E-state index in [9.17, 15) is 15.0 Å². The molecule has 2 spiro atoms. The minimum atomic E-state index is -0.864. The van der Waals surface area contributed by atoms with Crippen LogP contribution in [0.15, 0.2) is 11.1 Å². The fraction of sp³-hybridized carbons (Fsp3) is 0.850. The van der Waals surface area contributed by atoms with Crippen LogP contribution in [0.4, 0.5) is 0 Å². The van der Waals surface area contributed by atoms with E-state index >= 15 is 0 Å². The number of aliphatic hydroxyl groups excluding tert-OH is 2. The van der Waals surface area contributed by atoms with Crippen LogP contribution in [0.2, 0.25) is 0 Å². The number of carbonyl (C=O) groups excluding carboxylic acids is 1. The van der Waals surface area contributed by atoms with E-state index in [1.807, 2.05) is 0 Å². The average molecular weight is 376 g/mol. The Balaban J connectivity index is 1.40. The Labute approximate surface area is 156 Å². The number of cyclic esters (lactones) is 1. The van der Waals surface area contributed by atoms with E-state index in [1.54, 1.807) is 0 Å². The maximum absolute atomic E-state index is 12.1. The Bertz CT molecular complexity index is 851. The molecule has 27 heavy (non-hydrogen) atoms. The van der Waals surface area contributed by atoms with Crippen LogP contribution in [0.25, 0.3) is 0 Å². The third-order valence-electron chi connectivity index (χ3n) is 9.09. The van der Waals surface area contributed by atoms with Gasteiger partial charge in [0.25, 0.3) is 0 Å². The molecule has 0 amide bonds. The first-order chi connectivity index (χ1) is 12.8. The molecule has 146 valence electrons. The number of carbonyl (C=O) groups is 1. The van der Waals surface area contributed by atoms with Crippen LogP contribution in [0, 0.1) is 17.3 Å². The van der Waals surface area contributed by atoms with Crippen molar-refractivity contribution in [1.82, 2.24) is 0 Å². The van der Waals surface area contributed by atoms with Gasteiger partial charge in [0.1, 0.15) is 36.1 Å². The Morgan fingerprint density at radius 1 is 1.15 bits per heavy atom. The first-order valence-corrected chi connectivity index (χ1v) is 10.1. The summed E-state index contributed by atoms with van der Waals surface area (Å²) in [6, 6.07) is 0. The number of ether oxygens (including phenoxy) is 4. The summed E-state index contributed by atoms with van der Waals surface area (Å²) in [6.45, 7) is 6.51. The Morgan fingerprint density at radius 3 is 2.67 bits per heavy atom. The van der Waals surface area contributed by atoms with Gasteiger partial charge in [0.05, 0.1) is 17.8 Å². The van der Waals surface area contributed by atoms with Crippen molar-refractivity contribution in [3.05, 3.63) is 11.1 Å². The van der Waals surface area contributed by atoms with Gasteiger partial charge in [0.2, 0.25) is 0 Å². The molecule has 7 nitrogen and oxygen atoms in total. The number of fused-ring (bicyclic) bond motifs is 4. The van der Waals surface area contributed by atoms with Crippen molar-refractivity contribution in [2.75, 3.05) is 6.61 Å². The molecule has 0 aromatic heterocycles. The predicted molar refractivity (Wildman–Crippen MR) is 88.5 cm³/mol. The second kappa shape index (κ2) is 4.00. The van der Waals surface area contributed by atoms with Gasteiger partial charge >= 0.3 is 5.97 Å². The number of rotatable bonds is 1. The topological polar surface area (TPSA) is 104 Å². The Kier molecular flexibility index (Phi) is 2.35. The molecule has 4 aliphatic heterocycles. The van der Waals surface area contributed by atoms with Gasteiger partial charge in [-0.25, -0.2) is 4.79 Å². The van der Waals surface area contributed by atoms with E-state index in [2.05, 4.69) is 20.8 Å². The fourth-order valence-corrected chi connectivity index (χ4v) is 7.80. The van der Waals surface area contributed by atoms with Crippen LogP contribution in [-0.2, 0) is 23.7 Å². The molecular formula is C20H24O7. The van der Waals surface area contributed by atoms with E-state index in [-0.39, 0.29) is 36.8 Å². The molecule has 0 aromatic rings. The van der Waals surface area contributed by atoms with Crippen molar-refractivity contribution >= 4 is 5.97 Å². The molecule has 3 aliphatic carbocycles. The lowest BCUT2D eigenvalue weighted by molar-refractivity contribution is -0.137. The summed E-state index contributed by atoms with van der Waals surface area (Å²) in [5.74, 6) is -0.186. The number of aliphatic hydroxyl groups is 2. The first kappa shape index (κ1) is 15.9. The molecule has 7 heteroatoms. The van der Waals surface area contributed by atoms with Crippen LogP contribution in [0.1, 0.15) is 33.6 Å². The minimum Gasteiger partial charge on any atom is -0.458 e. The predicted octanol–water partition coefficient (Wildman–Crippen LogP) is 0.0739. The average Bonchev–Trinajstić information content (AvgIpc) is 3.48. The van der Waals surface area contributed by atoms with Crippen molar-refractivity contribution in [3.8, 4) is 0 Å². The second-order valence-electron chi connectivity index (χ2n) is 10.1. The van der Waals surface area contributed by atoms with Gasteiger partial charge in [-0.1, -0.05) is 20.8 Å². The normalized spacial score (nSPS) is 64.0. The smallest absolute Gasteiger partial charge is 0.337 e. The number of hydrogen-bond donors (Lipinski definition) is 2. The maximum Gasteiger partial charge on any atom is 0.337 e. The van der Waals surface area contributed by atoms with Crippen LogP contribution in [0.3, 0.4) is 0 Å². The molecule has 5 fully saturated rings. The van der Waals surface area contributed by atoms with E-state index < -0.39 is 40.4 Å². The van der Waals surface area contributed by atoms with Crippen molar-refractivity contribution < 1.29 is 34.0 Å². The molecule has 2 saturated carbocycles. The summed E-state index contributed by atoms with van der Waals surface area (Å²) in [6.07, 6.45) is -0.861. The van der Waals surface area contributed by atoms with Crippen molar-refractivity contribution in [1.29, 1.82) is 0 Å². The van der Waals surface area contributed by atoms with Gasteiger partial charge in [-0.2, -0.15) is 0 Å². The lowest BCUT2D eigenvalue weighted by atomic mass is 9.46. The van der Waals surface area contributed by atoms with Gasteiger partial charge in [0.15, 0.2) is 5.60 Å². The monoisotopic (exact) mass is 376 g/mol. The lowest BCUT2D eigenvalue weighted by Gasteiger charge is -2.54. The highest BCUT2D eigenvalue weighted by Crippen LogP contribution is 2.82. The molecule has 0 radical (unpaired) electrons. The molecule has 3 saturated heterocycles. The van der Waals surface area contributed by atoms with E-state index in [0.717, 1.165) is 5.57 Å². The summed E-state index contributed by atoms with van der Waals surface area (Å²) in [5.41, 5.74) is -1.12. The molecule has 7 rings (SSSR count). The fourth-order valence-electron chi connectivity index (χ4n) is 7.80. The summed E-state index contributed by atoms with van der Waals surface area (Å²) in [4.78, 5) is 12.1. The molecule has 2 N–H and O–H groups in total. The summed E-state index contributed by atoms with van der Waals surface area (Å²) in [7, 11) is 0. The van der Waals surface area contributed by atoms with Gasteiger partial charge in [-0.3, -0.25) is 0 Å². The largest absolute Gasteiger partial charge is 0.458 e. The highest BCUT2D eigenvalue weighted by atomic mass is 16.7. The molecule has 0 aromatic carbocycles. The molecule has 0 bridgehead atoms. The molecule has 0 unspecified atom stereocenters. The Morgan fingerprint density at radius 2 is 1.93 bits per heavy atom. The van der Waals surface area contributed by atoms with Gasteiger partial charge in [-0.05, 0) is 30.3 Å². The maximum atomic E-state index is 12.1. The molecule has 4 heterocycles. The zero-order chi connectivity index (χ0) is 18.7. The van der Waals surface area contributed by atoms with Gasteiger partial charge < -0.3 is 29.2 Å². The lowest BCUT2D eigenvalue weighted by Crippen LogP contribution is -2.69. The van der Waals surface area contributed by atoms with Crippen molar-refractivity contribution in [2.45, 2.75) is 80.9 Å². The SMILES string of the molecule is CC(C)[C@@]12O[C@H]1[C@@H]1O[C@]13[C@]1(O[C@H]1C[C@H]1C4=C(C(=O)OC4)[C@@H](O)C[C@@]13C)[C@@H]2O. The molecule has 7 aliphatic rings. The minimum absolute atomic E-state index is 0.0467. The number of esters is 1. The van der Waals surface area contributed by atoms with Crippen LogP contribution in [0.5, 0.6) is 0 Å². The quantitative estimate of drug-likeness (QED) is 0.493. The van der Waals surface area contributed by atoms with Crippen molar-refractivity contribution in [3.63, 3.8) is 0 Å². The van der Waals surface area contributed by atoms with Gasteiger partial charge in [-0.15, -0.1) is 0 Å². The van der Waals surface area contributed by atoms with Gasteiger partial charge in [0, 0.05) is 5.41 Å². The van der Waals surface area contributed by atoms with E-state index in [1.165, 1.54) is 0 Å². The number of epoxide rings is 3. The van der Waals surface area contributed by atoms with Crippen LogP contribution >= 0.6 is 0 Å². The highest BCUT2D eigenvalue weighted by Gasteiger charge is 3.00. The summed E-state index contributed by atoms with van der Waals surface area (Å²) in [5, 5.41) is 22.3. The second-order valence-corrected chi connectivity index (χ2v) is 10.1. The zero-order valence-electron chi connectivity index (χ0n) is 15.6. The van der Waals surface area contributed by atoms with E-state index in [0.29, 0.717) is 18.4 Å². The highest BCUT2D eigenvalue weighted by molar-refractivity contribution is 5.93. The molecule has 10 atom stereocenters. The zero-order valence-corrected chi connectivity index (χ0v) is 15.6. The third-order valence-corrected chi connectivity index (χ3v) is 9.09. The van der Waals surface area contributed by atoms with Crippen LogP contribution < -0.4 is 0 Å². The van der Waals surface area contributed by atoms with Crippen molar-refractivity contribution in [2.24, 2.45) is 17.3 Å².